The van der Waals surface area contributed by atoms with E-state index in [1.165, 1.54) is 4.68 Å². The molecule has 146 valence electrons. The van der Waals surface area contributed by atoms with Crippen LogP contribution in [0.25, 0.3) is 16.5 Å². The average Bonchev–Trinajstić information content (AvgIpc) is 3.23. The predicted molar refractivity (Wildman–Crippen MR) is 105 cm³/mol. The molecule has 0 aliphatic heterocycles. The Morgan fingerprint density at radius 1 is 1.07 bits per heavy atom. The van der Waals surface area contributed by atoms with E-state index in [4.69, 9.17) is 9.26 Å². The van der Waals surface area contributed by atoms with Crippen LogP contribution in [0.3, 0.4) is 0 Å². The second kappa shape index (κ2) is 7.67. The van der Waals surface area contributed by atoms with Gasteiger partial charge in [-0.05, 0) is 18.2 Å². The van der Waals surface area contributed by atoms with Crippen LogP contribution in [0.1, 0.15) is 42.0 Å². The summed E-state index contributed by atoms with van der Waals surface area (Å²) in [6.45, 7) is 3.69. The molecule has 0 amide bonds. The number of ether oxygens (including phenoxy) is 1. The van der Waals surface area contributed by atoms with Crippen molar-refractivity contribution < 1.29 is 14.1 Å². The number of para-hydroxylation sites is 1. The summed E-state index contributed by atoms with van der Waals surface area (Å²) in [6.07, 6.45) is 0. The Kier molecular flexibility index (Phi) is 4.90. The molecule has 0 fully saturated rings. The molecule has 0 aliphatic carbocycles. The van der Waals surface area contributed by atoms with Crippen molar-refractivity contribution in [2.75, 3.05) is 0 Å². The van der Waals surface area contributed by atoms with Gasteiger partial charge in [-0.15, -0.1) is 0 Å². The van der Waals surface area contributed by atoms with Crippen LogP contribution in [0.4, 0.5) is 0 Å². The maximum absolute atomic E-state index is 12.9. The van der Waals surface area contributed by atoms with E-state index < -0.39 is 5.97 Å². The zero-order chi connectivity index (χ0) is 20.4. The van der Waals surface area contributed by atoms with Crippen molar-refractivity contribution in [3.63, 3.8) is 0 Å². The Bertz CT molecular complexity index is 1230. The SMILES string of the molecule is CC(C)c1noc(COC(=O)c2nn(-c3ccccc3)c(=O)c3ccccc23)n1. The van der Waals surface area contributed by atoms with Crippen molar-refractivity contribution in [2.24, 2.45) is 0 Å². The molecule has 0 spiro atoms. The number of rotatable bonds is 5. The zero-order valence-electron chi connectivity index (χ0n) is 15.9. The molecule has 0 saturated heterocycles. The first-order valence-corrected chi connectivity index (χ1v) is 9.11. The van der Waals surface area contributed by atoms with Crippen molar-refractivity contribution >= 4 is 16.7 Å². The molecule has 4 rings (SSSR count). The molecular formula is C21H18N4O4. The number of benzene rings is 2. The van der Waals surface area contributed by atoms with Gasteiger partial charge in [0, 0.05) is 11.3 Å². The van der Waals surface area contributed by atoms with Crippen molar-refractivity contribution in [3.05, 3.63) is 82.4 Å². The number of carbonyl (C=O) groups is 1. The van der Waals surface area contributed by atoms with Crippen molar-refractivity contribution in [3.8, 4) is 5.69 Å². The highest BCUT2D eigenvalue weighted by Gasteiger charge is 2.20. The van der Waals surface area contributed by atoms with E-state index in [0.29, 0.717) is 22.3 Å². The molecule has 4 aromatic rings. The van der Waals surface area contributed by atoms with Gasteiger partial charge in [-0.3, -0.25) is 4.79 Å². The molecule has 2 aromatic carbocycles. The fourth-order valence-corrected chi connectivity index (χ4v) is 2.84. The normalized spacial score (nSPS) is 11.1. The lowest BCUT2D eigenvalue weighted by molar-refractivity contribution is 0.0423. The third-order valence-corrected chi connectivity index (χ3v) is 4.33. The van der Waals surface area contributed by atoms with E-state index in [2.05, 4.69) is 15.2 Å². The molecule has 8 heteroatoms. The number of hydrogen-bond acceptors (Lipinski definition) is 7. The monoisotopic (exact) mass is 390 g/mol. The second-order valence-electron chi connectivity index (χ2n) is 6.72. The number of carbonyl (C=O) groups excluding carboxylic acids is 1. The Labute approximate surface area is 165 Å². The number of esters is 1. The zero-order valence-corrected chi connectivity index (χ0v) is 15.9. The van der Waals surface area contributed by atoms with Crippen LogP contribution >= 0.6 is 0 Å². The van der Waals surface area contributed by atoms with Crippen LogP contribution in [-0.4, -0.2) is 25.9 Å². The van der Waals surface area contributed by atoms with Crippen LogP contribution in [0.2, 0.25) is 0 Å². The highest BCUT2D eigenvalue weighted by atomic mass is 16.6. The van der Waals surface area contributed by atoms with Gasteiger partial charge in [0.25, 0.3) is 11.4 Å². The third kappa shape index (κ3) is 3.64. The molecule has 0 N–H and O–H groups in total. The molecule has 29 heavy (non-hydrogen) atoms. The smallest absolute Gasteiger partial charge is 0.359 e. The fourth-order valence-electron chi connectivity index (χ4n) is 2.84. The van der Waals surface area contributed by atoms with E-state index in [1.54, 1.807) is 48.5 Å². The lowest BCUT2D eigenvalue weighted by Crippen LogP contribution is -2.25. The second-order valence-corrected chi connectivity index (χ2v) is 6.72. The first kappa shape index (κ1) is 18.5. The van der Waals surface area contributed by atoms with Gasteiger partial charge in [0.2, 0.25) is 0 Å². The Morgan fingerprint density at radius 3 is 2.45 bits per heavy atom. The lowest BCUT2D eigenvalue weighted by atomic mass is 10.1. The van der Waals surface area contributed by atoms with E-state index in [-0.39, 0.29) is 29.7 Å². The number of hydrogen-bond donors (Lipinski definition) is 0. The Balaban J connectivity index is 1.71. The maximum atomic E-state index is 12.9. The van der Waals surface area contributed by atoms with Gasteiger partial charge in [-0.1, -0.05) is 55.4 Å². The minimum absolute atomic E-state index is 0.0349. The summed E-state index contributed by atoms with van der Waals surface area (Å²) in [5.41, 5.74) is 0.269. The van der Waals surface area contributed by atoms with E-state index >= 15 is 0 Å². The minimum atomic E-state index is -0.685. The molecular weight excluding hydrogens is 372 g/mol. The summed E-state index contributed by atoms with van der Waals surface area (Å²) in [4.78, 5) is 29.8. The van der Waals surface area contributed by atoms with Gasteiger partial charge in [0.05, 0.1) is 11.1 Å². The fraction of sp³-hybridized carbons (Fsp3) is 0.190. The van der Waals surface area contributed by atoms with E-state index in [1.807, 2.05) is 19.9 Å². The Hall–Kier alpha value is -3.81. The molecule has 0 saturated carbocycles. The van der Waals surface area contributed by atoms with Gasteiger partial charge in [0.1, 0.15) is 0 Å². The highest BCUT2D eigenvalue weighted by molar-refractivity contribution is 6.02. The van der Waals surface area contributed by atoms with Gasteiger partial charge in [-0.2, -0.15) is 14.8 Å². The summed E-state index contributed by atoms with van der Waals surface area (Å²) in [5.74, 6) is 0.151. The first-order chi connectivity index (χ1) is 14.0. The summed E-state index contributed by atoms with van der Waals surface area (Å²) < 4.78 is 11.6. The van der Waals surface area contributed by atoms with Crippen molar-refractivity contribution in [1.29, 1.82) is 0 Å². The van der Waals surface area contributed by atoms with Crippen LogP contribution in [0, 0.1) is 0 Å². The average molecular weight is 390 g/mol. The first-order valence-electron chi connectivity index (χ1n) is 9.11. The molecule has 0 unspecified atom stereocenters. The molecule has 0 aliphatic rings. The van der Waals surface area contributed by atoms with Crippen molar-refractivity contribution in [2.45, 2.75) is 26.4 Å². The van der Waals surface area contributed by atoms with Crippen LogP contribution in [0.5, 0.6) is 0 Å². The third-order valence-electron chi connectivity index (χ3n) is 4.33. The van der Waals surface area contributed by atoms with Crippen molar-refractivity contribution in [1.82, 2.24) is 19.9 Å². The topological polar surface area (TPSA) is 100 Å². The maximum Gasteiger partial charge on any atom is 0.359 e. The van der Waals surface area contributed by atoms with E-state index in [9.17, 15) is 9.59 Å². The minimum Gasteiger partial charge on any atom is -0.451 e. The molecule has 0 bridgehead atoms. The highest BCUT2D eigenvalue weighted by Crippen LogP contribution is 2.17. The summed E-state index contributed by atoms with van der Waals surface area (Å²) in [5, 5.41) is 8.92. The summed E-state index contributed by atoms with van der Waals surface area (Å²) in [7, 11) is 0. The van der Waals surface area contributed by atoms with Crippen LogP contribution in [0.15, 0.2) is 63.9 Å². The molecule has 0 atom stereocenters. The molecule has 0 radical (unpaired) electrons. The van der Waals surface area contributed by atoms with Gasteiger partial charge >= 0.3 is 5.97 Å². The largest absolute Gasteiger partial charge is 0.451 e. The van der Waals surface area contributed by atoms with Gasteiger partial charge < -0.3 is 9.26 Å². The van der Waals surface area contributed by atoms with Gasteiger partial charge in [0.15, 0.2) is 18.1 Å². The van der Waals surface area contributed by atoms with Crippen LogP contribution in [-0.2, 0) is 11.3 Å². The summed E-state index contributed by atoms with van der Waals surface area (Å²) in [6, 6.07) is 15.7. The summed E-state index contributed by atoms with van der Waals surface area (Å²) >= 11 is 0. The predicted octanol–water partition coefficient (Wildman–Crippen LogP) is 3.25. The van der Waals surface area contributed by atoms with Gasteiger partial charge in [-0.25, -0.2) is 4.79 Å². The molecule has 2 heterocycles. The number of aromatic nitrogens is 4. The molecule has 2 aromatic heterocycles. The quantitative estimate of drug-likeness (QED) is 0.482. The number of fused-ring (bicyclic) bond motifs is 1. The molecule has 8 nitrogen and oxygen atoms in total. The van der Waals surface area contributed by atoms with E-state index in [0.717, 1.165) is 0 Å². The van der Waals surface area contributed by atoms with Crippen LogP contribution < -0.4 is 5.56 Å². The lowest BCUT2D eigenvalue weighted by Gasteiger charge is -2.10. The standard InChI is InChI=1S/C21H18N4O4/c1-13(2)19-22-17(29-24-19)12-28-21(27)18-15-10-6-7-11-16(15)20(26)25(23-18)14-8-4-3-5-9-14/h3-11,13H,12H2,1-2H3. The Morgan fingerprint density at radius 2 is 1.76 bits per heavy atom. The number of nitrogens with zero attached hydrogens (tertiary/aromatic N) is 4.